The van der Waals surface area contributed by atoms with Crippen molar-refractivity contribution in [3.05, 3.63) is 35.7 Å². The normalized spacial score (nSPS) is 21.5. The topological polar surface area (TPSA) is 65.2 Å². The van der Waals surface area contributed by atoms with Crippen LogP contribution in [0.5, 0.6) is 0 Å². The molecule has 2 aliphatic rings. The van der Waals surface area contributed by atoms with Gasteiger partial charge in [-0.3, -0.25) is 9.48 Å². The third-order valence-corrected chi connectivity index (χ3v) is 5.65. The van der Waals surface area contributed by atoms with Gasteiger partial charge in [0.15, 0.2) is 0 Å². The van der Waals surface area contributed by atoms with Crippen molar-refractivity contribution in [3.63, 3.8) is 0 Å². The Morgan fingerprint density at radius 1 is 1.27 bits per heavy atom. The lowest BCUT2D eigenvalue weighted by Crippen LogP contribution is -2.30. The maximum absolute atomic E-state index is 13.3. The maximum atomic E-state index is 13.3. The number of likely N-dealkylation sites (tertiary alicyclic amines) is 1. The Bertz CT molecular complexity index is 775. The molecule has 4 rings (SSSR count). The average molecular weight is 357 g/mol. The third kappa shape index (κ3) is 3.16. The summed E-state index contributed by atoms with van der Waals surface area (Å²) in [5.74, 6) is 1.81. The van der Waals surface area contributed by atoms with Gasteiger partial charge in [-0.2, -0.15) is 5.10 Å². The minimum atomic E-state index is 0.114. The minimum absolute atomic E-state index is 0.114. The van der Waals surface area contributed by atoms with Gasteiger partial charge < -0.3 is 14.2 Å². The van der Waals surface area contributed by atoms with Crippen molar-refractivity contribution in [3.8, 4) is 0 Å². The fourth-order valence-electron chi connectivity index (χ4n) is 4.13. The highest BCUT2D eigenvalue weighted by Gasteiger charge is 2.33. The summed E-state index contributed by atoms with van der Waals surface area (Å²) in [4.78, 5) is 19.7. The largest absolute Gasteiger partial charge is 0.381 e. The first-order chi connectivity index (χ1) is 12.7. The van der Waals surface area contributed by atoms with Crippen LogP contribution < -0.4 is 0 Å². The molecule has 1 unspecified atom stereocenters. The van der Waals surface area contributed by atoms with Gasteiger partial charge >= 0.3 is 0 Å². The van der Waals surface area contributed by atoms with Crippen LogP contribution in [0, 0.1) is 0 Å². The second-order valence-corrected chi connectivity index (χ2v) is 7.30. The number of aryl methyl sites for hydroxylation is 2. The molecule has 0 radical (unpaired) electrons. The predicted molar refractivity (Wildman–Crippen MR) is 97.2 cm³/mol. The molecule has 0 bridgehead atoms. The molecule has 2 aromatic heterocycles. The number of hydrogen-bond acceptors (Lipinski definition) is 4. The second kappa shape index (κ2) is 7.23. The molecule has 2 saturated heterocycles. The first-order valence-electron chi connectivity index (χ1n) is 9.59. The van der Waals surface area contributed by atoms with E-state index in [0.717, 1.165) is 69.2 Å². The first-order valence-corrected chi connectivity index (χ1v) is 9.59. The zero-order valence-corrected chi connectivity index (χ0v) is 15.6. The van der Waals surface area contributed by atoms with Gasteiger partial charge in [0.25, 0.3) is 5.91 Å². The Balaban J connectivity index is 1.54. The first kappa shape index (κ1) is 17.3. The number of carbonyl (C=O) groups is 1. The summed E-state index contributed by atoms with van der Waals surface area (Å²) < 4.78 is 9.43. The van der Waals surface area contributed by atoms with Gasteiger partial charge in [-0.15, -0.1) is 0 Å². The number of nitrogens with zero attached hydrogens (tertiary/aromatic N) is 5. The molecule has 140 valence electrons. The van der Waals surface area contributed by atoms with E-state index in [1.807, 2.05) is 35.2 Å². The van der Waals surface area contributed by atoms with E-state index in [0.29, 0.717) is 11.8 Å². The van der Waals surface area contributed by atoms with E-state index in [9.17, 15) is 4.79 Å². The molecule has 0 spiro atoms. The summed E-state index contributed by atoms with van der Waals surface area (Å²) in [5.41, 5.74) is 1.74. The van der Waals surface area contributed by atoms with E-state index in [1.54, 1.807) is 0 Å². The van der Waals surface area contributed by atoms with Crippen LogP contribution in [-0.2, 0) is 18.3 Å². The van der Waals surface area contributed by atoms with Crippen LogP contribution in [0.1, 0.15) is 59.9 Å². The standard InChI is InChI=1S/C19H27N5O2/c1-3-24-13-16(17(21-24)14-5-10-26-11-6-14)19(25)23-8-4-15(12-23)18-20-7-9-22(18)2/h7,9,13-15H,3-6,8,10-12H2,1-2H3. The van der Waals surface area contributed by atoms with Crippen molar-refractivity contribution in [1.82, 2.24) is 24.2 Å². The number of imidazole rings is 1. The molecule has 2 aromatic rings. The highest BCUT2D eigenvalue weighted by molar-refractivity contribution is 5.95. The van der Waals surface area contributed by atoms with E-state index in [-0.39, 0.29) is 5.91 Å². The Morgan fingerprint density at radius 3 is 2.77 bits per heavy atom. The molecule has 0 aliphatic carbocycles. The van der Waals surface area contributed by atoms with E-state index in [4.69, 9.17) is 9.84 Å². The molecule has 2 fully saturated rings. The van der Waals surface area contributed by atoms with Gasteiger partial charge in [0.2, 0.25) is 0 Å². The van der Waals surface area contributed by atoms with Gasteiger partial charge in [-0.25, -0.2) is 4.98 Å². The molecular weight excluding hydrogens is 330 g/mol. The summed E-state index contributed by atoms with van der Waals surface area (Å²) in [5, 5.41) is 4.73. The number of ether oxygens (including phenoxy) is 1. The van der Waals surface area contributed by atoms with E-state index in [1.165, 1.54) is 0 Å². The van der Waals surface area contributed by atoms with Gasteiger partial charge in [-0.1, -0.05) is 0 Å². The number of amides is 1. The summed E-state index contributed by atoms with van der Waals surface area (Å²) in [7, 11) is 2.02. The van der Waals surface area contributed by atoms with Crippen LogP contribution in [0.25, 0.3) is 0 Å². The van der Waals surface area contributed by atoms with Crippen LogP contribution in [0.15, 0.2) is 18.6 Å². The van der Waals surface area contributed by atoms with Crippen molar-refractivity contribution in [1.29, 1.82) is 0 Å². The van der Waals surface area contributed by atoms with Gasteiger partial charge in [-0.05, 0) is 26.2 Å². The van der Waals surface area contributed by atoms with Gasteiger partial charge in [0.1, 0.15) is 5.82 Å². The van der Waals surface area contributed by atoms with Crippen molar-refractivity contribution < 1.29 is 9.53 Å². The fraction of sp³-hybridized carbons (Fsp3) is 0.632. The molecule has 1 amide bonds. The summed E-state index contributed by atoms with van der Waals surface area (Å²) in [6.45, 7) is 5.85. The Hall–Kier alpha value is -2.15. The number of rotatable bonds is 4. The molecule has 7 heteroatoms. The Morgan fingerprint density at radius 2 is 2.08 bits per heavy atom. The van der Waals surface area contributed by atoms with Crippen LogP contribution in [-0.4, -0.2) is 56.4 Å². The number of hydrogen-bond donors (Lipinski definition) is 0. The maximum Gasteiger partial charge on any atom is 0.257 e. The molecule has 0 N–H and O–H groups in total. The lowest BCUT2D eigenvalue weighted by atomic mass is 9.93. The summed E-state index contributed by atoms with van der Waals surface area (Å²) >= 11 is 0. The second-order valence-electron chi connectivity index (χ2n) is 7.30. The predicted octanol–water partition coefficient (Wildman–Crippen LogP) is 2.16. The molecule has 0 saturated carbocycles. The molecule has 26 heavy (non-hydrogen) atoms. The smallest absolute Gasteiger partial charge is 0.257 e. The molecule has 4 heterocycles. The molecule has 1 atom stereocenters. The quantitative estimate of drug-likeness (QED) is 0.841. The van der Waals surface area contributed by atoms with Crippen LogP contribution in [0.3, 0.4) is 0 Å². The zero-order valence-electron chi connectivity index (χ0n) is 15.6. The van der Waals surface area contributed by atoms with E-state index in [2.05, 4.69) is 16.5 Å². The SMILES string of the molecule is CCn1cc(C(=O)N2CCC(c3nccn3C)C2)c(C2CCOCC2)n1. The van der Waals surface area contributed by atoms with Gasteiger partial charge in [0, 0.05) is 70.3 Å². The van der Waals surface area contributed by atoms with Crippen LogP contribution in [0.4, 0.5) is 0 Å². The molecule has 0 aromatic carbocycles. The number of carbonyl (C=O) groups excluding carboxylic acids is 1. The average Bonchev–Trinajstić information content (AvgIpc) is 3.40. The summed E-state index contributed by atoms with van der Waals surface area (Å²) in [6.07, 6.45) is 8.57. The monoisotopic (exact) mass is 357 g/mol. The lowest BCUT2D eigenvalue weighted by molar-refractivity contribution is 0.0768. The molecular formula is C19H27N5O2. The Kier molecular flexibility index (Phi) is 4.80. The van der Waals surface area contributed by atoms with Crippen molar-refractivity contribution in [2.75, 3.05) is 26.3 Å². The third-order valence-electron chi connectivity index (χ3n) is 5.65. The fourth-order valence-corrected chi connectivity index (χ4v) is 4.13. The van der Waals surface area contributed by atoms with E-state index < -0.39 is 0 Å². The highest BCUT2D eigenvalue weighted by Crippen LogP contribution is 2.31. The van der Waals surface area contributed by atoms with Crippen LogP contribution >= 0.6 is 0 Å². The van der Waals surface area contributed by atoms with Crippen molar-refractivity contribution >= 4 is 5.91 Å². The summed E-state index contributed by atoms with van der Waals surface area (Å²) in [6, 6.07) is 0. The lowest BCUT2D eigenvalue weighted by Gasteiger charge is -2.22. The van der Waals surface area contributed by atoms with Crippen LogP contribution in [0.2, 0.25) is 0 Å². The Labute approximate surface area is 154 Å². The van der Waals surface area contributed by atoms with Gasteiger partial charge in [0.05, 0.1) is 11.3 Å². The molecule has 2 aliphatic heterocycles. The van der Waals surface area contributed by atoms with Crippen molar-refractivity contribution in [2.45, 2.75) is 44.6 Å². The van der Waals surface area contributed by atoms with E-state index >= 15 is 0 Å². The highest BCUT2D eigenvalue weighted by atomic mass is 16.5. The number of aromatic nitrogens is 4. The minimum Gasteiger partial charge on any atom is -0.381 e. The zero-order chi connectivity index (χ0) is 18.1. The van der Waals surface area contributed by atoms with Crippen molar-refractivity contribution in [2.24, 2.45) is 7.05 Å². The molecule has 7 nitrogen and oxygen atoms in total.